The van der Waals surface area contributed by atoms with Crippen molar-refractivity contribution in [1.82, 2.24) is 0 Å². The topological polar surface area (TPSA) is 0 Å². The van der Waals surface area contributed by atoms with Gasteiger partial charge in [-0.2, -0.15) is 0 Å². The third-order valence-corrected chi connectivity index (χ3v) is 30.5. The molecule has 0 atom stereocenters. The second-order valence-corrected chi connectivity index (χ2v) is 31.8. The highest BCUT2D eigenvalue weighted by Crippen LogP contribution is 2.86. The van der Waals surface area contributed by atoms with E-state index in [9.17, 15) is 0 Å². The third-order valence-electron chi connectivity index (χ3n) is 30.5. The molecule has 0 bridgehead atoms. The van der Waals surface area contributed by atoms with Crippen molar-refractivity contribution in [2.75, 3.05) is 0 Å². The smallest absolute Gasteiger partial charge is 0.0410 e. The Balaban J connectivity index is 0.937. The van der Waals surface area contributed by atoms with Crippen LogP contribution in [-0.2, 0) is 23.7 Å². The van der Waals surface area contributed by atoms with Gasteiger partial charge in [0.2, 0.25) is 0 Å². The lowest BCUT2D eigenvalue weighted by Crippen LogP contribution is -2.57. The fourth-order valence-electron chi connectivity index (χ4n) is 29.6. The lowest BCUT2D eigenvalue weighted by molar-refractivity contribution is 0.298. The first kappa shape index (κ1) is 37.5. The maximum Gasteiger partial charge on any atom is 0.0410 e. The van der Waals surface area contributed by atoms with E-state index >= 15 is 0 Å². The van der Waals surface area contributed by atoms with Gasteiger partial charge in [0.05, 0.1) is 0 Å². The molecule has 0 unspecified atom stereocenters. The van der Waals surface area contributed by atoms with Gasteiger partial charge in [-0.3, -0.25) is 0 Å². The number of benzene rings is 23. The van der Waals surface area contributed by atoms with Crippen molar-refractivity contribution in [3.8, 4) is 44.5 Å². The van der Waals surface area contributed by atoms with E-state index in [0.29, 0.717) is 0 Å². The lowest BCUT2D eigenvalue weighted by Gasteiger charge is -2.58. The molecule has 2 spiro atoms. The highest BCUT2D eigenvalue weighted by molar-refractivity contribution is 6.82. The summed E-state index contributed by atoms with van der Waals surface area (Å²) >= 11 is 0. The van der Waals surface area contributed by atoms with Crippen LogP contribution in [0.4, 0.5) is 0 Å². The quantitative estimate of drug-likeness (QED) is 0.154. The Bertz CT molecular complexity index is 8320. The van der Waals surface area contributed by atoms with Crippen molar-refractivity contribution in [3.63, 3.8) is 0 Å². The van der Waals surface area contributed by atoms with Crippen LogP contribution in [0.1, 0.15) is 33.4 Å². The zero-order chi connectivity index (χ0) is 55.8. The van der Waals surface area contributed by atoms with Crippen LogP contribution in [0.5, 0.6) is 0 Å². The summed E-state index contributed by atoms with van der Waals surface area (Å²) in [5, 5.41) is 89.5. The fourth-order valence-corrected chi connectivity index (χ4v) is 29.6. The van der Waals surface area contributed by atoms with Crippen molar-refractivity contribution in [1.29, 1.82) is 0 Å². The van der Waals surface area contributed by atoms with E-state index in [1.54, 1.807) is 324 Å². The number of fused-ring (bicyclic) bond motifs is 1. The molecule has 38 rings (SSSR count). The van der Waals surface area contributed by atoms with E-state index < -0.39 is 10.8 Å². The molecule has 392 valence electrons. The van der Waals surface area contributed by atoms with E-state index in [0.717, 1.165) is 12.8 Å². The molecule has 92 heavy (non-hydrogen) atoms. The molecule has 5 aliphatic carbocycles. The Morgan fingerprint density at radius 1 is 0.141 bits per heavy atom. The van der Waals surface area contributed by atoms with Gasteiger partial charge in [-0.25, -0.2) is 0 Å². The largest absolute Gasteiger partial charge is 0.0622 e. The van der Waals surface area contributed by atoms with Crippen LogP contribution in [0.3, 0.4) is 0 Å². The summed E-state index contributed by atoms with van der Waals surface area (Å²) in [5.41, 5.74) is 20.2. The van der Waals surface area contributed by atoms with Crippen molar-refractivity contribution in [2.24, 2.45) is 0 Å². The van der Waals surface area contributed by atoms with Crippen LogP contribution in [0.25, 0.3) is 335 Å². The van der Waals surface area contributed by atoms with Gasteiger partial charge < -0.3 is 0 Å². The summed E-state index contributed by atoms with van der Waals surface area (Å²) in [5.74, 6) is 0. The highest BCUT2D eigenvalue weighted by Gasteiger charge is 2.71. The minimum Gasteiger partial charge on any atom is -0.0622 e. The Hall–Kier alpha value is -11.4. The second kappa shape index (κ2) is 9.57. The van der Waals surface area contributed by atoms with Gasteiger partial charge in [0, 0.05) is 10.8 Å². The van der Waals surface area contributed by atoms with Gasteiger partial charge in [0.25, 0.3) is 0 Å². The molecule has 0 amide bonds. The number of hydrogen-bond donors (Lipinski definition) is 0. The van der Waals surface area contributed by atoms with Crippen LogP contribution in [0, 0.1) is 0 Å². The van der Waals surface area contributed by atoms with Crippen molar-refractivity contribution in [2.45, 2.75) is 23.7 Å². The first-order valence-electron chi connectivity index (χ1n) is 34.1. The molecular weight excluding hydrogens is 1110 g/mol. The summed E-state index contributed by atoms with van der Waals surface area (Å²) in [6.45, 7) is 0. The van der Waals surface area contributed by atoms with Gasteiger partial charge in [-0.1, -0.05) is 121 Å². The molecule has 0 N–H and O–H groups in total. The lowest BCUT2D eigenvalue weighted by atomic mass is 9.42. The van der Waals surface area contributed by atoms with Gasteiger partial charge in [0.1, 0.15) is 0 Å². The molecule has 33 aromatic carbocycles. The third kappa shape index (κ3) is 2.40. The van der Waals surface area contributed by atoms with Crippen LogP contribution in [-0.4, -0.2) is 0 Å². The van der Waals surface area contributed by atoms with Crippen molar-refractivity contribution in [3.05, 3.63) is 155 Å². The zero-order valence-electron chi connectivity index (χ0n) is 48.0. The first-order valence-corrected chi connectivity index (χ1v) is 34.1. The minimum absolute atomic E-state index is 0.426. The van der Waals surface area contributed by atoms with Crippen LogP contribution >= 0.6 is 0 Å². The van der Waals surface area contributed by atoms with E-state index in [4.69, 9.17) is 0 Å². The molecule has 0 aromatic heterocycles. The monoisotopic (exact) mass is 1130 g/mol. The predicted molar refractivity (Wildman–Crippen MR) is 389 cm³/mol. The average molecular weight is 1130 g/mol. The second-order valence-electron chi connectivity index (χ2n) is 31.8. The SMILES string of the molecule is c1ccc(-c2c3c(c(-c4ccccc4)c(-c4ccccc4)c2-c2ccccc2)CC24c5c6c7c8c9c%10c(c%11c%12c2c2c5c5c%13c6c6c7c7c9c9c%14c%10c%10c%11c%11c%12c%12c2c2c5c5c%13c%13c6c6c7c9c7c9c%14c%10c%10c%11c%11c%12c2c2c5c5c%13c6c7c6c9c%10c%11c2c56)C84C3)cc1. The van der Waals surface area contributed by atoms with Crippen LogP contribution < -0.4 is 0 Å². The normalized spacial score (nSPS) is 19.7. The Morgan fingerprint density at radius 2 is 0.272 bits per heavy atom. The average Bonchev–Trinajstić information content (AvgIpc) is 1.38. The summed E-state index contributed by atoms with van der Waals surface area (Å²) in [7, 11) is 0. The van der Waals surface area contributed by atoms with E-state index in [2.05, 4.69) is 121 Å². The minimum atomic E-state index is -0.426. The summed E-state index contributed by atoms with van der Waals surface area (Å²) in [4.78, 5) is 0. The summed E-state index contributed by atoms with van der Waals surface area (Å²) in [6.07, 6.45) is 1.88. The highest BCUT2D eigenvalue weighted by atomic mass is 14.7. The predicted octanol–water partition coefficient (Wildman–Crippen LogP) is 24.8. The summed E-state index contributed by atoms with van der Waals surface area (Å²) in [6, 6.07) is 47.2. The van der Waals surface area contributed by atoms with E-state index in [1.807, 2.05) is 0 Å². The first-order chi connectivity index (χ1) is 45.9. The molecule has 0 aliphatic heterocycles. The van der Waals surface area contributed by atoms with Gasteiger partial charge >= 0.3 is 0 Å². The van der Waals surface area contributed by atoms with E-state index in [-0.39, 0.29) is 0 Å². The molecule has 33 aromatic rings. The standard InChI is InChI=1S/C92H24/c1-5-13-23(14-6-1)29-27-21-91-87-79-71-61-51-43-35-33-34-37-41-39(35)47-55-49(41)59-53-45(37)46-38(34)42-40-36(33)44(43)52-58-48(40)56-50(42)60-54(46)64-63(53)73-67(59)77-69(55)75(65(71)57(47)51)83(87)85(77)89-81(73)82-74(64)68(60)78-70(56)76-66(58)72(62(52)61)80(79)88(91)84(76)86(78)90(82)92(89,91)22-28(27)30(24-15-7-2-8-16-24)32(26-19-11-4-12-20-26)31(29)25-17-9-3-10-18-25/h1-20H,21-22H2. The Morgan fingerprint density at radius 3 is 0.424 bits per heavy atom. The van der Waals surface area contributed by atoms with Crippen molar-refractivity contribution >= 4 is 291 Å². The van der Waals surface area contributed by atoms with Gasteiger partial charge in [0.15, 0.2) is 0 Å². The maximum atomic E-state index is 2.48. The molecule has 0 heteroatoms. The van der Waals surface area contributed by atoms with Crippen LogP contribution in [0.15, 0.2) is 121 Å². The Kier molecular flexibility index (Phi) is 3.90. The summed E-state index contributed by atoms with van der Waals surface area (Å²) < 4.78 is 0. The number of hydrogen-bond acceptors (Lipinski definition) is 0. The molecule has 0 nitrogen and oxygen atoms in total. The Labute approximate surface area is 510 Å². The van der Waals surface area contributed by atoms with Gasteiger partial charge in [-0.15, -0.1) is 0 Å². The molecule has 0 saturated heterocycles. The zero-order valence-corrected chi connectivity index (χ0v) is 48.0. The van der Waals surface area contributed by atoms with E-state index in [1.165, 1.54) is 44.5 Å². The molecule has 0 fully saturated rings. The maximum absolute atomic E-state index is 2.48. The molecule has 5 aliphatic rings. The molecule has 0 radical (unpaired) electrons. The number of rotatable bonds is 4. The fraction of sp³-hybridized carbons (Fsp3) is 0.0435. The van der Waals surface area contributed by atoms with Crippen molar-refractivity contribution < 1.29 is 0 Å². The molecule has 0 saturated carbocycles. The molecule has 0 heterocycles. The van der Waals surface area contributed by atoms with Gasteiger partial charge in [-0.05, 0) is 382 Å². The van der Waals surface area contributed by atoms with Crippen LogP contribution in [0.2, 0.25) is 0 Å². The molecular formula is C92H24.